The largest absolute Gasteiger partial charge is 0.367 e. The van der Waals surface area contributed by atoms with Gasteiger partial charge in [0.1, 0.15) is 11.4 Å². The number of rotatable bonds is 3. The maximum atomic E-state index is 15.3. The number of benzene rings is 1. The molecule has 194 valence electrons. The molecule has 8 nitrogen and oxygen atoms in total. The lowest BCUT2D eigenvalue weighted by molar-refractivity contribution is 0.0515. The third kappa shape index (κ3) is 3.96. The summed E-state index contributed by atoms with van der Waals surface area (Å²) < 4.78 is 19.0. The summed E-state index contributed by atoms with van der Waals surface area (Å²) in [6.45, 7) is 6.57. The van der Waals surface area contributed by atoms with Crippen molar-refractivity contribution in [2.75, 3.05) is 44.7 Å². The fourth-order valence-electron chi connectivity index (χ4n) is 6.32. The van der Waals surface area contributed by atoms with Gasteiger partial charge in [0.15, 0.2) is 0 Å². The summed E-state index contributed by atoms with van der Waals surface area (Å²) in [6, 6.07) is 8.24. The van der Waals surface area contributed by atoms with Crippen LogP contribution >= 0.6 is 0 Å². The molecule has 3 aliphatic heterocycles. The second-order valence-corrected chi connectivity index (χ2v) is 10.5. The van der Waals surface area contributed by atoms with Crippen LogP contribution in [0.4, 0.5) is 10.1 Å². The zero-order valence-corrected chi connectivity index (χ0v) is 21.3. The van der Waals surface area contributed by atoms with E-state index in [0.29, 0.717) is 30.8 Å². The number of pyridine rings is 2. The van der Waals surface area contributed by atoms with Crippen molar-refractivity contribution in [2.24, 2.45) is 0 Å². The molecular formula is C28H32FN5O3. The third-order valence-corrected chi connectivity index (χ3v) is 8.44. The van der Waals surface area contributed by atoms with Crippen molar-refractivity contribution in [1.82, 2.24) is 18.9 Å². The molecule has 1 aromatic carbocycles. The van der Waals surface area contributed by atoms with Gasteiger partial charge >= 0.3 is 0 Å². The predicted octanol–water partition coefficient (Wildman–Crippen LogP) is 2.48. The number of likely N-dealkylation sites (N-methyl/N-ethyl adjacent to an activating group) is 1. The molecule has 5 heterocycles. The third-order valence-electron chi connectivity index (χ3n) is 8.44. The Labute approximate surface area is 214 Å². The summed E-state index contributed by atoms with van der Waals surface area (Å²) in [4.78, 5) is 45.8. The second-order valence-electron chi connectivity index (χ2n) is 10.5. The number of aryl methyl sites for hydroxylation is 1. The minimum atomic E-state index is -0.441. The van der Waals surface area contributed by atoms with E-state index >= 15 is 4.39 Å². The molecule has 3 aliphatic rings. The van der Waals surface area contributed by atoms with Crippen LogP contribution in [-0.2, 0) is 13.1 Å². The van der Waals surface area contributed by atoms with E-state index in [2.05, 4.69) is 4.90 Å². The molecule has 0 radical (unpaired) electrons. The second kappa shape index (κ2) is 9.13. The highest BCUT2D eigenvalue weighted by Gasteiger charge is 2.38. The molecule has 37 heavy (non-hydrogen) atoms. The van der Waals surface area contributed by atoms with Gasteiger partial charge in [0, 0.05) is 75.1 Å². The summed E-state index contributed by atoms with van der Waals surface area (Å²) >= 11 is 0. The summed E-state index contributed by atoms with van der Waals surface area (Å²) in [6.07, 6.45) is 3.14. The number of carbonyl (C=O) groups excluding carboxylic acids is 1. The highest BCUT2D eigenvalue weighted by Crippen LogP contribution is 2.36. The van der Waals surface area contributed by atoms with Crippen LogP contribution in [0.15, 0.2) is 46.1 Å². The molecule has 3 aromatic rings. The number of piperidine rings is 1. The van der Waals surface area contributed by atoms with Crippen LogP contribution in [0.3, 0.4) is 0 Å². The van der Waals surface area contributed by atoms with E-state index in [0.717, 1.165) is 44.7 Å². The number of fused-ring (bicyclic) bond motifs is 5. The molecule has 0 aliphatic carbocycles. The van der Waals surface area contributed by atoms with E-state index in [1.807, 2.05) is 29.5 Å². The van der Waals surface area contributed by atoms with Crippen LogP contribution in [0.1, 0.15) is 41.7 Å². The summed E-state index contributed by atoms with van der Waals surface area (Å²) in [5.74, 6) is -0.554. The van der Waals surface area contributed by atoms with Gasteiger partial charge in [-0.2, -0.15) is 0 Å². The number of likely N-dealkylation sites (tertiary alicyclic amines) is 1. The predicted molar refractivity (Wildman–Crippen MR) is 141 cm³/mol. The molecule has 2 atom stereocenters. The highest BCUT2D eigenvalue weighted by molar-refractivity contribution is 5.98. The fraction of sp³-hybridized carbons (Fsp3) is 0.464. The number of halogens is 1. The van der Waals surface area contributed by atoms with Gasteiger partial charge in [-0.1, -0.05) is 6.07 Å². The van der Waals surface area contributed by atoms with Gasteiger partial charge < -0.3 is 23.8 Å². The van der Waals surface area contributed by atoms with E-state index in [4.69, 9.17) is 0 Å². The Morgan fingerprint density at radius 1 is 1.08 bits per heavy atom. The van der Waals surface area contributed by atoms with Crippen molar-refractivity contribution >= 4 is 22.5 Å². The Hall–Kier alpha value is -3.46. The SMILES string of the molecule is CCn1cc(C(=O)N2CCC3CC2Cn2c3cccc2=O)c(=O)c2cc(F)c(N3CCN(C)CC3)cc21. The van der Waals surface area contributed by atoms with Crippen molar-refractivity contribution in [1.29, 1.82) is 0 Å². The Morgan fingerprint density at radius 2 is 1.86 bits per heavy atom. The number of amides is 1. The summed E-state index contributed by atoms with van der Waals surface area (Å²) in [5.41, 5.74) is 1.72. The number of hydrogen-bond donors (Lipinski definition) is 0. The molecule has 2 aromatic heterocycles. The van der Waals surface area contributed by atoms with E-state index < -0.39 is 11.2 Å². The number of nitrogens with zero attached hydrogens (tertiary/aromatic N) is 5. The molecule has 2 unspecified atom stereocenters. The lowest BCUT2D eigenvalue weighted by Gasteiger charge is -2.44. The molecule has 2 saturated heterocycles. The molecular weight excluding hydrogens is 473 g/mol. The van der Waals surface area contributed by atoms with Crippen molar-refractivity contribution < 1.29 is 9.18 Å². The topological polar surface area (TPSA) is 70.8 Å². The first-order valence-corrected chi connectivity index (χ1v) is 13.2. The average molecular weight is 506 g/mol. The molecule has 6 rings (SSSR count). The first kappa shape index (κ1) is 23.9. The maximum Gasteiger partial charge on any atom is 0.259 e. The summed E-state index contributed by atoms with van der Waals surface area (Å²) in [7, 11) is 2.05. The Morgan fingerprint density at radius 3 is 2.62 bits per heavy atom. The Kier molecular flexibility index (Phi) is 5.90. The molecule has 0 N–H and O–H groups in total. The molecule has 0 spiro atoms. The van der Waals surface area contributed by atoms with Crippen LogP contribution in [0.5, 0.6) is 0 Å². The van der Waals surface area contributed by atoms with Gasteiger partial charge in [-0.05, 0) is 45.0 Å². The zero-order chi connectivity index (χ0) is 25.8. The maximum absolute atomic E-state index is 15.3. The average Bonchev–Trinajstić information content (AvgIpc) is 2.90. The molecule has 9 heteroatoms. The van der Waals surface area contributed by atoms with E-state index in [1.54, 1.807) is 33.9 Å². The monoisotopic (exact) mass is 505 g/mol. The number of carbonyl (C=O) groups is 1. The molecule has 2 fully saturated rings. The number of piperazine rings is 1. The Bertz CT molecular complexity index is 1500. The van der Waals surface area contributed by atoms with E-state index in [1.165, 1.54) is 6.07 Å². The smallest absolute Gasteiger partial charge is 0.259 e. The first-order valence-electron chi connectivity index (χ1n) is 13.2. The molecule has 0 saturated carbocycles. The van der Waals surface area contributed by atoms with Crippen molar-refractivity contribution in [3.05, 3.63) is 74.2 Å². The molecule has 2 bridgehead atoms. The van der Waals surface area contributed by atoms with Crippen LogP contribution < -0.4 is 15.9 Å². The van der Waals surface area contributed by atoms with Crippen molar-refractivity contribution in [2.45, 2.75) is 44.8 Å². The van der Waals surface area contributed by atoms with Crippen LogP contribution in [0, 0.1) is 5.82 Å². The quantitative estimate of drug-likeness (QED) is 0.547. The van der Waals surface area contributed by atoms with Gasteiger partial charge in [0.05, 0.1) is 17.2 Å². The van der Waals surface area contributed by atoms with Crippen LogP contribution in [0.25, 0.3) is 10.9 Å². The van der Waals surface area contributed by atoms with Gasteiger partial charge in [-0.15, -0.1) is 0 Å². The summed E-state index contributed by atoms with van der Waals surface area (Å²) in [5, 5.41) is 0.225. The normalized spacial score (nSPS) is 21.8. The van der Waals surface area contributed by atoms with E-state index in [-0.39, 0.29) is 34.4 Å². The van der Waals surface area contributed by atoms with Gasteiger partial charge in [0.25, 0.3) is 11.5 Å². The van der Waals surface area contributed by atoms with Crippen molar-refractivity contribution in [3.63, 3.8) is 0 Å². The fourth-order valence-corrected chi connectivity index (χ4v) is 6.32. The molecule has 1 amide bonds. The van der Waals surface area contributed by atoms with Crippen LogP contribution in [0.2, 0.25) is 0 Å². The van der Waals surface area contributed by atoms with Gasteiger partial charge in [0.2, 0.25) is 5.43 Å². The Balaban J connectivity index is 1.37. The van der Waals surface area contributed by atoms with E-state index in [9.17, 15) is 14.4 Å². The minimum Gasteiger partial charge on any atom is -0.367 e. The van der Waals surface area contributed by atoms with Crippen molar-refractivity contribution in [3.8, 4) is 0 Å². The minimum absolute atomic E-state index is 0.0609. The number of aromatic nitrogens is 2. The van der Waals surface area contributed by atoms with Gasteiger partial charge in [-0.3, -0.25) is 14.4 Å². The number of hydrogen-bond acceptors (Lipinski definition) is 5. The van der Waals surface area contributed by atoms with Crippen LogP contribution in [-0.4, -0.2) is 70.7 Å². The number of anilines is 1. The standard InChI is InChI=1S/C28H32FN5O3/c1-3-31-17-21(27(36)20-14-22(29)25(15-24(20)31)32-11-9-30(2)10-12-32)28(37)33-8-7-18-13-19(33)16-34-23(18)5-4-6-26(34)35/h4-6,14-15,17-19H,3,7-13,16H2,1-2H3. The van der Waals surface area contributed by atoms with Gasteiger partial charge in [-0.25, -0.2) is 4.39 Å². The highest BCUT2D eigenvalue weighted by atomic mass is 19.1. The lowest BCUT2D eigenvalue weighted by Crippen LogP contribution is -2.53. The zero-order valence-electron chi connectivity index (χ0n) is 21.3. The first-order chi connectivity index (χ1) is 17.9. The lowest BCUT2D eigenvalue weighted by atomic mass is 9.84.